The summed E-state index contributed by atoms with van der Waals surface area (Å²) in [5.41, 5.74) is 7.15. The Hall–Kier alpha value is -1.04. The van der Waals surface area contributed by atoms with Crippen molar-refractivity contribution < 1.29 is 4.74 Å². The highest BCUT2D eigenvalue weighted by molar-refractivity contribution is 7.07. The molecule has 1 fully saturated rings. The summed E-state index contributed by atoms with van der Waals surface area (Å²) in [6.07, 6.45) is 1.83. The predicted octanol–water partition coefficient (Wildman–Crippen LogP) is 4.10. The van der Waals surface area contributed by atoms with Gasteiger partial charge in [-0.1, -0.05) is 11.6 Å². The van der Waals surface area contributed by atoms with E-state index in [1.807, 2.05) is 6.92 Å². The van der Waals surface area contributed by atoms with Crippen molar-refractivity contribution in [1.29, 1.82) is 0 Å². The smallest absolute Gasteiger partial charge is 0.298 e. The molecule has 1 aromatic carbocycles. The van der Waals surface area contributed by atoms with E-state index in [-0.39, 0.29) is 4.87 Å². The van der Waals surface area contributed by atoms with Crippen LogP contribution >= 0.6 is 34.7 Å². The van der Waals surface area contributed by atoms with Gasteiger partial charge in [0.15, 0.2) is 5.82 Å². The van der Waals surface area contributed by atoms with Crippen molar-refractivity contribution in [2.75, 3.05) is 5.73 Å². The van der Waals surface area contributed by atoms with Crippen LogP contribution in [-0.2, 0) is 4.87 Å². The molecule has 0 atom stereocenters. The molecule has 0 spiro atoms. The zero-order valence-electron chi connectivity index (χ0n) is 10.1. The Kier molecular flexibility index (Phi) is 3.08. The highest BCUT2D eigenvalue weighted by Gasteiger charge is 2.46. The fourth-order valence-electron chi connectivity index (χ4n) is 1.66. The number of anilines is 1. The number of nitrogens with zero attached hydrogens (tertiary/aromatic N) is 2. The molecular weight excluding hydrogens is 305 g/mol. The van der Waals surface area contributed by atoms with Gasteiger partial charge >= 0.3 is 0 Å². The maximum atomic E-state index is 6.25. The monoisotopic (exact) mass is 315 g/mol. The van der Waals surface area contributed by atoms with Crippen LogP contribution < -0.4 is 10.5 Å². The molecular formula is C12H11Cl2N3OS. The van der Waals surface area contributed by atoms with Crippen LogP contribution in [0.2, 0.25) is 5.02 Å². The average Bonchev–Trinajstić information content (AvgIpc) is 2.92. The van der Waals surface area contributed by atoms with Crippen molar-refractivity contribution >= 4 is 40.4 Å². The standard InChI is InChI=1S/C12H11Cl2N3OS/c1-6-4-8(15)7(13)5-9(6)18-11-16-10(17-19-11)12(14)2-3-12/h4-5H,2-3,15H2,1H3. The zero-order valence-corrected chi connectivity index (χ0v) is 12.4. The molecule has 1 aliphatic rings. The third kappa shape index (κ3) is 2.50. The summed E-state index contributed by atoms with van der Waals surface area (Å²) in [6.45, 7) is 1.90. The number of hydrogen-bond donors (Lipinski definition) is 1. The first-order chi connectivity index (χ1) is 8.98. The second-order valence-electron chi connectivity index (χ2n) is 4.59. The highest BCUT2D eigenvalue weighted by atomic mass is 35.5. The summed E-state index contributed by atoms with van der Waals surface area (Å²) < 4.78 is 9.93. The van der Waals surface area contributed by atoms with E-state index in [2.05, 4.69) is 9.36 Å². The summed E-state index contributed by atoms with van der Waals surface area (Å²) in [5.74, 6) is 1.27. The normalized spacial score (nSPS) is 16.4. The lowest BCUT2D eigenvalue weighted by atomic mass is 10.2. The van der Waals surface area contributed by atoms with Gasteiger partial charge in [0.05, 0.1) is 10.7 Å². The molecule has 3 rings (SSSR count). The molecule has 0 bridgehead atoms. The first kappa shape index (κ1) is 13.0. The lowest BCUT2D eigenvalue weighted by molar-refractivity contribution is 0.473. The maximum absolute atomic E-state index is 6.25. The third-order valence-corrected chi connectivity index (χ3v) is 4.46. The van der Waals surface area contributed by atoms with Gasteiger partial charge in [-0.15, -0.1) is 11.6 Å². The summed E-state index contributed by atoms with van der Waals surface area (Å²) in [4.78, 5) is 3.94. The first-order valence-electron chi connectivity index (χ1n) is 5.74. The van der Waals surface area contributed by atoms with Gasteiger partial charge in [-0.3, -0.25) is 0 Å². The van der Waals surface area contributed by atoms with Crippen LogP contribution in [-0.4, -0.2) is 9.36 Å². The third-order valence-electron chi connectivity index (χ3n) is 2.99. The summed E-state index contributed by atoms with van der Waals surface area (Å²) in [6, 6.07) is 3.45. The van der Waals surface area contributed by atoms with Crippen molar-refractivity contribution in [3.8, 4) is 10.9 Å². The molecule has 0 saturated heterocycles. The van der Waals surface area contributed by atoms with Gasteiger partial charge in [0.1, 0.15) is 10.6 Å². The molecule has 100 valence electrons. The zero-order chi connectivity index (χ0) is 13.6. The van der Waals surface area contributed by atoms with Crippen molar-refractivity contribution in [1.82, 2.24) is 9.36 Å². The number of nitrogen functional groups attached to an aromatic ring is 1. The molecule has 19 heavy (non-hydrogen) atoms. The number of nitrogens with two attached hydrogens (primary N) is 1. The molecule has 0 radical (unpaired) electrons. The van der Waals surface area contributed by atoms with Gasteiger partial charge in [-0.2, -0.15) is 9.36 Å². The largest absolute Gasteiger partial charge is 0.430 e. The van der Waals surface area contributed by atoms with E-state index in [4.69, 9.17) is 33.7 Å². The molecule has 2 aromatic rings. The number of rotatable bonds is 3. The number of ether oxygens (including phenoxy) is 1. The summed E-state index contributed by atoms with van der Waals surface area (Å²) >= 11 is 13.4. The van der Waals surface area contributed by atoms with E-state index in [1.165, 1.54) is 11.5 Å². The minimum Gasteiger partial charge on any atom is -0.430 e. The number of benzene rings is 1. The second-order valence-corrected chi connectivity index (χ2v) is 6.44. The Bertz CT molecular complexity index is 640. The van der Waals surface area contributed by atoms with Gasteiger partial charge in [-0.05, 0) is 31.4 Å². The molecule has 4 nitrogen and oxygen atoms in total. The Morgan fingerprint density at radius 1 is 1.42 bits per heavy atom. The Morgan fingerprint density at radius 3 is 2.84 bits per heavy atom. The number of aryl methyl sites for hydroxylation is 1. The Balaban J connectivity index is 1.85. The fourth-order valence-corrected chi connectivity index (χ4v) is 2.67. The van der Waals surface area contributed by atoms with E-state index >= 15 is 0 Å². The van der Waals surface area contributed by atoms with Gasteiger partial charge in [0.25, 0.3) is 5.19 Å². The van der Waals surface area contributed by atoms with Crippen LogP contribution in [0.3, 0.4) is 0 Å². The average molecular weight is 316 g/mol. The highest BCUT2D eigenvalue weighted by Crippen LogP contribution is 2.51. The quantitative estimate of drug-likeness (QED) is 0.684. The number of alkyl halides is 1. The number of hydrogen-bond acceptors (Lipinski definition) is 5. The van der Waals surface area contributed by atoms with E-state index in [0.29, 0.717) is 27.5 Å². The van der Waals surface area contributed by atoms with Gasteiger partial charge in [0, 0.05) is 17.6 Å². The fraction of sp³-hybridized carbons (Fsp3) is 0.333. The minimum absolute atomic E-state index is 0.369. The molecule has 0 amide bonds. The van der Waals surface area contributed by atoms with Crippen LogP contribution in [0.4, 0.5) is 5.69 Å². The Morgan fingerprint density at radius 2 is 2.16 bits per heavy atom. The van der Waals surface area contributed by atoms with E-state index in [1.54, 1.807) is 12.1 Å². The van der Waals surface area contributed by atoms with E-state index < -0.39 is 0 Å². The molecule has 1 heterocycles. The predicted molar refractivity (Wildman–Crippen MR) is 77.3 cm³/mol. The lowest BCUT2D eigenvalue weighted by Crippen LogP contribution is -1.98. The van der Waals surface area contributed by atoms with Crippen LogP contribution in [0.25, 0.3) is 0 Å². The van der Waals surface area contributed by atoms with Crippen LogP contribution in [0, 0.1) is 6.92 Å². The van der Waals surface area contributed by atoms with Crippen LogP contribution in [0.15, 0.2) is 12.1 Å². The Labute approximate surface area is 124 Å². The molecule has 1 aromatic heterocycles. The lowest BCUT2D eigenvalue weighted by Gasteiger charge is -2.07. The minimum atomic E-state index is -0.369. The first-order valence-corrected chi connectivity index (χ1v) is 7.27. The summed E-state index contributed by atoms with van der Waals surface area (Å²) in [5, 5.41) is 0.923. The van der Waals surface area contributed by atoms with Gasteiger partial charge in [-0.25, -0.2) is 0 Å². The van der Waals surface area contributed by atoms with Gasteiger partial charge in [0.2, 0.25) is 0 Å². The second kappa shape index (κ2) is 4.51. The van der Waals surface area contributed by atoms with Crippen molar-refractivity contribution in [2.24, 2.45) is 0 Å². The van der Waals surface area contributed by atoms with Crippen molar-refractivity contribution in [3.63, 3.8) is 0 Å². The topological polar surface area (TPSA) is 61.0 Å². The molecule has 0 unspecified atom stereocenters. The van der Waals surface area contributed by atoms with Crippen LogP contribution in [0.5, 0.6) is 10.9 Å². The van der Waals surface area contributed by atoms with Gasteiger partial charge < -0.3 is 10.5 Å². The van der Waals surface area contributed by atoms with Crippen LogP contribution in [0.1, 0.15) is 24.2 Å². The van der Waals surface area contributed by atoms with Crippen molar-refractivity contribution in [3.05, 3.63) is 28.5 Å². The summed E-state index contributed by atoms with van der Waals surface area (Å²) in [7, 11) is 0. The maximum Gasteiger partial charge on any atom is 0.298 e. The molecule has 1 saturated carbocycles. The molecule has 7 heteroatoms. The van der Waals surface area contributed by atoms with E-state index in [0.717, 1.165) is 18.4 Å². The van der Waals surface area contributed by atoms with E-state index in [9.17, 15) is 0 Å². The number of aromatic nitrogens is 2. The number of halogens is 2. The molecule has 1 aliphatic carbocycles. The molecule has 2 N–H and O–H groups in total. The molecule has 0 aliphatic heterocycles. The SMILES string of the molecule is Cc1cc(N)c(Cl)cc1Oc1nc(C2(Cl)CC2)ns1. The van der Waals surface area contributed by atoms with Crippen molar-refractivity contribution in [2.45, 2.75) is 24.6 Å².